The lowest BCUT2D eigenvalue weighted by Crippen LogP contribution is -2.10. The van der Waals surface area contributed by atoms with Crippen molar-refractivity contribution in [3.8, 4) is 17.2 Å². The first-order chi connectivity index (χ1) is 8.24. The lowest BCUT2D eigenvalue weighted by molar-refractivity contribution is 0.366. The second-order valence-corrected chi connectivity index (χ2v) is 4.66. The van der Waals surface area contributed by atoms with Gasteiger partial charge in [-0.25, -0.2) is 0 Å². The molecule has 0 unspecified atom stereocenters. The monoisotopic (exact) mass is 250 g/mol. The normalized spacial score (nSPS) is 15.8. The highest BCUT2D eigenvalue weighted by Gasteiger charge is 2.25. The van der Waals surface area contributed by atoms with Crippen LogP contribution in [0.4, 0.5) is 0 Å². The molecule has 1 aromatic heterocycles. The van der Waals surface area contributed by atoms with Crippen LogP contribution < -0.4 is 0 Å². The Morgan fingerprint density at radius 2 is 2.18 bits per heavy atom. The molecule has 1 heterocycles. The Balaban J connectivity index is 1.92. The lowest BCUT2D eigenvalue weighted by atomic mass is 9.85. The molecule has 4 nitrogen and oxygen atoms in total. The second-order valence-electron chi connectivity index (χ2n) is 4.25. The van der Waals surface area contributed by atoms with Gasteiger partial charge in [0.2, 0.25) is 0 Å². The van der Waals surface area contributed by atoms with Crippen molar-refractivity contribution in [1.29, 1.82) is 0 Å². The Kier molecular flexibility index (Phi) is 2.52. The van der Waals surface area contributed by atoms with Gasteiger partial charge in [-0.2, -0.15) is 4.98 Å². The summed E-state index contributed by atoms with van der Waals surface area (Å²) in [5.74, 6) is 1.65. The molecule has 0 amide bonds. The van der Waals surface area contributed by atoms with Gasteiger partial charge in [-0.3, -0.25) is 0 Å². The van der Waals surface area contributed by atoms with E-state index in [0.717, 1.165) is 18.7 Å². The molecule has 0 aliphatic heterocycles. The van der Waals surface area contributed by atoms with Crippen molar-refractivity contribution < 1.29 is 9.63 Å². The fourth-order valence-corrected chi connectivity index (χ4v) is 1.95. The first-order valence-corrected chi connectivity index (χ1v) is 5.94. The summed E-state index contributed by atoms with van der Waals surface area (Å²) in [4.78, 5) is 4.34. The van der Waals surface area contributed by atoms with Crippen molar-refractivity contribution in [1.82, 2.24) is 10.1 Å². The highest BCUT2D eigenvalue weighted by Crippen LogP contribution is 2.36. The zero-order valence-corrected chi connectivity index (χ0v) is 9.81. The predicted octanol–water partition coefficient (Wildman–Crippen LogP) is 3.36. The van der Waals surface area contributed by atoms with Gasteiger partial charge in [-0.15, -0.1) is 0 Å². The van der Waals surface area contributed by atoms with Crippen molar-refractivity contribution in [3.63, 3.8) is 0 Å². The molecule has 0 atom stereocenters. The molecule has 1 aliphatic carbocycles. The molecular weight excluding hydrogens is 240 g/mol. The number of aromatic hydroxyl groups is 1. The smallest absolute Gasteiger partial charge is 0.258 e. The van der Waals surface area contributed by atoms with E-state index < -0.39 is 0 Å². The summed E-state index contributed by atoms with van der Waals surface area (Å²) >= 11 is 5.74. The summed E-state index contributed by atoms with van der Waals surface area (Å²) in [7, 11) is 0. The van der Waals surface area contributed by atoms with E-state index in [1.54, 1.807) is 12.1 Å². The molecule has 1 saturated carbocycles. The number of hydrogen-bond acceptors (Lipinski definition) is 4. The summed E-state index contributed by atoms with van der Waals surface area (Å²) in [6.45, 7) is 0. The quantitative estimate of drug-likeness (QED) is 0.888. The highest BCUT2D eigenvalue weighted by molar-refractivity contribution is 6.32. The van der Waals surface area contributed by atoms with Crippen molar-refractivity contribution in [2.24, 2.45) is 0 Å². The van der Waals surface area contributed by atoms with Crippen molar-refractivity contribution in [2.75, 3.05) is 0 Å². The van der Waals surface area contributed by atoms with Crippen LogP contribution in [0.1, 0.15) is 31.0 Å². The molecule has 88 valence electrons. The van der Waals surface area contributed by atoms with Gasteiger partial charge < -0.3 is 9.63 Å². The Morgan fingerprint density at radius 1 is 1.35 bits per heavy atom. The summed E-state index contributed by atoms with van der Waals surface area (Å²) < 4.78 is 5.19. The Hall–Kier alpha value is -1.55. The minimum atomic E-state index is 0.0209. The largest absolute Gasteiger partial charge is 0.506 e. The SMILES string of the molecule is Oc1cc(-c2nc(C3CCC3)no2)ccc1Cl. The Labute approximate surface area is 103 Å². The van der Waals surface area contributed by atoms with E-state index in [1.165, 1.54) is 12.5 Å². The number of nitrogens with zero attached hydrogens (tertiary/aromatic N) is 2. The number of hydrogen-bond donors (Lipinski definition) is 1. The van der Waals surface area contributed by atoms with E-state index in [2.05, 4.69) is 10.1 Å². The first kappa shape index (κ1) is 10.6. The zero-order valence-electron chi connectivity index (χ0n) is 9.06. The molecule has 1 fully saturated rings. The van der Waals surface area contributed by atoms with Gasteiger partial charge in [0.15, 0.2) is 5.82 Å². The third kappa shape index (κ3) is 1.89. The number of halogens is 1. The predicted molar refractivity (Wildman–Crippen MR) is 63.0 cm³/mol. The van der Waals surface area contributed by atoms with E-state index in [9.17, 15) is 5.11 Å². The van der Waals surface area contributed by atoms with Crippen LogP contribution in [0.2, 0.25) is 5.02 Å². The van der Waals surface area contributed by atoms with E-state index >= 15 is 0 Å². The third-order valence-electron chi connectivity index (χ3n) is 3.11. The summed E-state index contributed by atoms with van der Waals surface area (Å²) in [5.41, 5.74) is 0.685. The molecule has 2 aromatic rings. The number of rotatable bonds is 2. The molecule has 1 aliphatic rings. The average Bonchev–Trinajstić information content (AvgIpc) is 2.69. The average molecular weight is 251 g/mol. The van der Waals surface area contributed by atoms with Crippen LogP contribution in [-0.4, -0.2) is 15.2 Å². The third-order valence-corrected chi connectivity index (χ3v) is 3.42. The standard InChI is InChI=1S/C12H11ClN2O2/c13-9-5-4-8(6-10(9)16)12-14-11(15-17-12)7-2-1-3-7/h4-7,16H,1-3H2. The fourth-order valence-electron chi connectivity index (χ4n) is 1.83. The maximum atomic E-state index is 9.51. The number of phenolic OH excluding ortho intramolecular Hbond substituents is 1. The van der Waals surface area contributed by atoms with Gasteiger partial charge in [0.05, 0.1) is 5.02 Å². The lowest BCUT2D eigenvalue weighted by Gasteiger charge is -2.20. The number of phenols is 1. The van der Waals surface area contributed by atoms with Crippen LogP contribution in [0.3, 0.4) is 0 Å². The minimum absolute atomic E-state index is 0.0209. The molecule has 1 N–H and O–H groups in total. The number of aromatic nitrogens is 2. The van der Waals surface area contributed by atoms with Gasteiger partial charge >= 0.3 is 0 Å². The Bertz CT molecular complexity index is 549. The Morgan fingerprint density at radius 3 is 2.82 bits per heavy atom. The van der Waals surface area contributed by atoms with Gasteiger partial charge in [0.25, 0.3) is 5.89 Å². The van der Waals surface area contributed by atoms with Crippen LogP contribution >= 0.6 is 11.6 Å². The van der Waals surface area contributed by atoms with E-state index in [-0.39, 0.29) is 5.75 Å². The van der Waals surface area contributed by atoms with Crippen LogP contribution in [-0.2, 0) is 0 Å². The molecule has 3 rings (SSSR count). The maximum absolute atomic E-state index is 9.51. The van der Waals surface area contributed by atoms with Crippen molar-refractivity contribution in [2.45, 2.75) is 25.2 Å². The first-order valence-electron chi connectivity index (χ1n) is 5.56. The molecule has 17 heavy (non-hydrogen) atoms. The van der Waals surface area contributed by atoms with Gasteiger partial charge in [-0.05, 0) is 31.0 Å². The minimum Gasteiger partial charge on any atom is -0.506 e. The maximum Gasteiger partial charge on any atom is 0.258 e. The van der Waals surface area contributed by atoms with E-state index in [4.69, 9.17) is 16.1 Å². The van der Waals surface area contributed by atoms with Crippen LogP contribution in [0, 0.1) is 0 Å². The van der Waals surface area contributed by atoms with Crippen molar-refractivity contribution >= 4 is 11.6 Å². The van der Waals surface area contributed by atoms with Crippen LogP contribution in [0.25, 0.3) is 11.5 Å². The van der Waals surface area contributed by atoms with Gasteiger partial charge in [0.1, 0.15) is 5.75 Å². The summed E-state index contributed by atoms with van der Waals surface area (Å²) in [6.07, 6.45) is 3.49. The molecule has 0 spiro atoms. The van der Waals surface area contributed by atoms with Crippen LogP contribution in [0.5, 0.6) is 5.75 Å². The topological polar surface area (TPSA) is 59.2 Å². The molecule has 1 aromatic carbocycles. The fraction of sp³-hybridized carbons (Fsp3) is 0.333. The molecule has 0 radical (unpaired) electrons. The van der Waals surface area contributed by atoms with Gasteiger partial charge in [-0.1, -0.05) is 23.2 Å². The summed E-state index contributed by atoms with van der Waals surface area (Å²) in [6, 6.07) is 4.89. The van der Waals surface area contributed by atoms with Crippen molar-refractivity contribution in [3.05, 3.63) is 29.0 Å². The molecule has 0 saturated heterocycles. The number of benzene rings is 1. The zero-order chi connectivity index (χ0) is 11.8. The molecule has 0 bridgehead atoms. The highest BCUT2D eigenvalue weighted by atomic mass is 35.5. The molecular formula is C12H11ClN2O2. The van der Waals surface area contributed by atoms with E-state index in [0.29, 0.717) is 22.4 Å². The second kappa shape index (κ2) is 4.04. The molecule has 5 heteroatoms. The van der Waals surface area contributed by atoms with Gasteiger partial charge in [0, 0.05) is 11.5 Å². The van der Waals surface area contributed by atoms with Crippen LogP contribution in [0.15, 0.2) is 22.7 Å². The summed E-state index contributed by atoms with van der Waals surface area (Å²) in [5, 5.41) is 13.8. The van der Waals surface area contributed by atoms with E-state index in [1.807, 2.05) is 0 Å².